The van der Waals surface area contributed by atoms with E-state index in [0.29, 0.717) is 28.7 Å². The lowest BCUT2D eigenvalue weighted by Gasteiger charge is -2.14. The van der Waals surface area contributed by atoms with Crippen LogP contribution in [0.4, 0.5) is 26.3 Å². The molecule has 0 aliphatic carbocycles. The van der Waals surface area contributed by atoms with Crippen LogP contribution in [-0.4, -0.2) is 15.0 Å². The molecule has 0 aliphatic rings. The maximum atomic E-state index is 13.3. The summed E-state index contributed by atoms with van der Waals surface area (Å²) in [6.45, 7) is 0. The monoisotopic (exact) mass is 585 g/mol. The van der Waals surface area contributed by atoms with E-state index in [2.05, 4.69) is 15.0 Å². The zero-order chi connectivity index (χ0) is 29.9. The van der Waals surface area contributed by atoms with E-state index in [1.165, 1.54) is 12.1 Å². The lowest BCUT2D eigenvalue weighted by Crippen LogP contribution is -2.11. The fourth-order valence-corrected chi connectivity index (χ4v) is 5.09. The Morgan fingerprint density at radius 2 is 1.26 bits per heavy atom. The molecule has 4 heterocycles. The number of pyridine rings is 3. The highest BCUT2D eigenvalue weighted by Gasteiger charge is 2.37. The summed E-state index contributed by atoms with van der Waals surface area (Å²) in [4.78, 5) is 13.3. The van der Waals surface area contributed by atoms with Crippen LogP contribution < -0.4 is 0 Å². The zero-order valence-electron chi connectivity index (χ0n) is 21.8. The quantitative estimate of drug-likeness (QED) is 0.194. The number of benzene rings is 3. The molecule has 4 aromatic heterocycles. The van der Waals surface area contributed by atoms with E-state index in [0.717, 1.165) is 38.7 Å². The van der Waals surface area contributed by atoms with Gasteiger partial charge in [-0.15, -0.1) is 0 Å². The molecular formula is C33H17F6N3O. The lowest BCUT2D eigenvalue weighted by molar-refractivity contribution is -0.143. The zero-order valence-corrected chi connectivity index (χ0v) is 21.8. The van der Waals surface area contributed by atoms with Crippen molar-refractivity contribution in [1.29, 1.82) is 0 Å². The number of halogens is 6. The minimum atomic E-state index is -4.93. The average Bonchev–Trinajstić information content (AvgIpc) is 3.37. The van der Waals surface area contributed by atoms with Crippen molar-refractivity contribution in [2.75, 3.05) is 0 Å². The molecule has 0 fully saturated rings. The molecule has 0 radical (unpaired) electrons. The fraction of sp³-hybridized carbons (Fsp3) is 0.0606. The second kappa shape index (κ2) is 9.65. The number of hydrogen-bond acceptors (Lipinski definition) is 4. The minimum absolute atomic E-state index is 0.115. The van der Waals surface area contributed by atoms with E-state index in [4.69, 9.17) is 4.42 Å². The summed E-state index contributed by atoms with van der Waals surface area (Å²) in [7, 11) is 0. The molecule has 7 aromatic rings. The summed E-state index contributed by atoms with van der Waals surface area (Å²) < 4.78 is 85.9. The number of nitrogens with zero attached hydrogens (tertiary/aromatic N) is 3. The molecule has 7 rings (SSSR count). The third kappa shape index (κ3) is 4.94. The number of fused-ring (bicyclic) bond motifs is 4. The molecule has 0 N–H and O–H groups in total. The van der Waals surface area contributed by atoms with Crippen molar-refractivity contribution in [2.45, 2.75) is 12.4 Å². The molecule has 0 saturated carbocycles. The number of alkyl halides is 6. The van der Waals surface area contributed by atoms with Gasteiger partial charge in [-0.3, -0.25) is 9.97 Å². The van der Waals surface area contributed by atoms with Gasteiger partial charge < -0.3 is 4.42 Å². The van der Waals surface area contributed by atoms with Gasteiger partial charge in [-0.05, 0) is 77.9 Å². The summed E-state index contributed by atoms with van der Waals surface area (Å²) in [6, 6.07) is 21.3. The molecule has 0 unspecified atom stereocenters. The fourth-order valence-electron chi connectivity index (χ4n) is 5.09. The summed E-state index contributed by atoms with van der Waals surface area (Å²) in [5.74, 6) is 0. The third-order valence-electron chi connectivity index (χ3n) is 7.25. The summed E-state index contributed by atoms with van der Waals surface area (Å²) >= 11 is 0. The second-order valence-corrected chi connectivity index (χ2v) is 10.0. The summed E-state index contributed by atoms with van der Waals surface area (Å²) in [5, 5.41) is 2.51. The Balaban J connectivity index is 1.20. The molecule has 0 atom stereocenters. The van der Waals surface area contributed by atoms with Crippen molar-refractivity contribution in [1.82, 2.24) is 15.0 Å². The van der Waals surface area contributed by atoms with E-state index >= 15 is 0 Å². The first-order valence-electron chi connectivity index (χ1n) is 13.0. The molecule has 0 saturated heterocycles. The van der Waals surface area contributed by atoms with Crippen molar-refractivity contribution in [3.05, 3.63) is 115 Å². The van der Waals surface area contributed by atoms with Gasteiger partial charge in [-0.25, -0.2) is 4.98 Å². The van der Waals surface area contributed by atoms with Gasteiger partial charge in [0.2, 0.25) is 5.71 Å². The molecule has 43 heavy (non-hydrogen) atoms. The van der Waals surface area contributed by atoms with E-state index in [-0.39, 0.29) is 17.2 Å². The highest BCUT2D eigenvalue weighted by molar-refractivity contribution is 6.04. The highest BCUT2D eigenvalue weighted by Crippen LogP contribution is 2.39. The molecule has 10 heteroatoms. The predicted molar refractivity (Wildman–Crippen MR) is 151 cm³/mol. The van der Waals surface area contributed by atoms with E-state index in [1.54, 1.807) is 24.7 Å². The van der Waals surface area contributed by atoms with Crippen LogP contribution in [0.2, 0.25) is 0 Å². The van der Waals surface area contributed by atoms with Crippen LogP contribution in [-0.2, 0) is 12.4 Å². The van der Waals surface area contributed by atoms with Gasteiger partial charge >= 0.3 is 12.4 Å². The van der Waals surface area contributed by atoms with E-state index in [9.17, 15) is 26.3 Å². The Kier molecular flexibility index (Phi) is 5.98. The minimum Gasteiger partial charge on any atom is -0.438 e. The Hall–Kier alpha value is -5.25. The van der Waals surface area contributed by atoms with Gasteiger partial charge in [0, 0.05) is 51.4 Å². The molecule has 0 spiro atoms. The molecule has 3 aromatic carbocycles. The van der Waals surface area contributed by atoms with Gasteiger partial charge in [0.1, 0.15) is 5.58 Å². The Labute approximate surface area is 239 Å². The van der Waals surface area contributed by atoms with Gasteiger partial charge in [0.15, 0.2) is 0 Å². The number of rotatable bonds is 3. The molecule has 0 bridgehead atoms. The maximum absolute atomic E-state index is 13.3. The van der Waals surface area contributed by atoms with Crippen molar-refractivity contribution in [2.24, 2.45) is 0 Å². The van der Waals surface area contributed by atoms with E-state index in [1.807, 2.05) is 48.5 Å². The molecule has 0 amide bonds. The van der Waals surface area contributed by atoms with Crippen molar-refractivity contribution < 1.29 is 30.8 Å². The van der Waals surface area contributed by atoms with Gasteiger partial charge in [0.25, 0.3) is 0 Å². The van der Waals surface area contributed by atoms with Crippen molar-refractivity contribution in [3.63, 3.8) is 0 Å². The van der Waals surface area contributed by atoms with Crippen molar-refractivity contribution >= 4 is 33.0 Å². The van der Waals surface area contributed by atoms with Gasteiger partial charge in [0.05, 0.1) is 22.3 Å². The molecular weight excluding hydrogens is 568 g/mol. The van der Waals surface area contributed by atoms with Crippen LogP contribution in [0.1, 0.15) is 11.1 Å². The van der Waals surface area contributed by atoms with Crippen LogP contribution in [0.3, 0.4) is 0 Å². The van der Waals surface area contributed by atoms with Crippen molar-refractivity contribution in [3.8, 4) is 33.5 Å². The normalized spacial score (nSPS) is 12.4. The molecule has 4 nitrogen and oxygen atoms in total. The first-order valence-corrected chi connectivity index (χ1v) is 13.0. The number of furan rings is 1. The Morgan fingerprint density at radius 1 is 0.535 bits per heavy atom. The Morgan fingerprint density at radius 3 is 1.98 bits per heavy atom. The van der Waals surface area contributed by atoms with Gasteiger partial charge in [-0.2, -0.15) is 26.3 Å². The van der Waals surface area contributed by atoms with Crippen LogP contribution in [0, 0.1) is 0 Å². The predicted octanol–water partition coefficient (Wildman–Crippen LogP) is 9.96. The first kappa shape index (κ1) is 26.6. The largest absolute Gasteiger partial charge is 0.438 e. The Bertz CT molecular complexity index is 2130. The SMILES string of the molecule is FC(F)(F)c1cc(-c2ccc3cc(-c4ccc(-c5ccc6oc7ncccc7c6c5)nc4)cnc3c2)cc(C(F)(F)F)c1. The summed E-state index contributed by atoms with van der Waals surface area (Å²) in [5.41, 5.74) is 2.16. The maximum Gasteiger partial charge on any atom is 0.416 e. The van der Waals surface area contributed by atoms with Gasteiger partial charge in [-0.1, -0.05) is 18.2 Å². The highest BCUT2D eigenvalue weighted by atomic mass is 19.4. The molecule has 212 valence electrons. The van der Waals surface area contributed by atoms with Crippen LogP contribution >= 0.6 is 0 Å². The van der Waals surface area contributed by atoms with E-state index < -0.39 is 23.5 Å². The average molecular weight is 586 g/mol. The standard InChI is InChI=1S/C33H17F6N3O/c34-32(35,36)24-11-22(12-25(15-24)33(37,38)39)18-3-4-19-10-23(17-42-29(19)14-18)21-5-7-28(41-16-21)20-6-8-30-27(13-20)26-2-1-9-40-31(26)43-30/h1-17H. The first-order chi connectivity index (χ1) is 20.5. The lowest BCUT2D eigenvalue weighted by atomic mass is 9.97. The third-order valence-corrected chi connectivity index (χ3v) is 7.25. The number of aromatic nitrogens is 3. The second-order valence-electron chi connectivity index (χ2n) is 10.0. The smallest absolute Gasteiger partial charge is 0.416 e. The van der Waals surface area contributed by atoms with Crippen LogP contribution in [0.15, 0.2) is 108 Å². The molecule has 0 aliphatic heterocycles. The van der Waals surface area contributed by atoms with Crippen LogP contribution in [0.25, 0.3) is 66.5 Å². The summed E-state index contributed by atoms with van der Waals surface area (Å²) in [6.07, 6.45) is -4.88. The topological polar surface area (TPSA) is 51.8 Å². The van der Waals surface area contributed by atoms with Crippen LogP contribution in [0.5, 0.6) is 0 Å². The number of hydrogen-bond donors (Lipinski definition) is 0.